The second kappa shape index (κ2) is 6.92. The number of hydrogen-bond acceptors (Lipinski definition) is 1. The van der Waals surface area contributed by atoms with Crippen LogP contribution in [0.4, 0.5) is 18.9 Å². The van der Waals surface area contributed by atoms with E-state index in [1.807, 2.05) is 18.2 Å². The first-order chi connectivity index (χ1) is 11.8. The van der Waals surface area contributed by atoms with Crippen LogP contribution >= 0.6 is 11.6 Å². The van der Waals surface area contributed by atoms with Crippen LogP contribution in [-0.2, 0) is 23.8 Å². The Balaban J connectivity index is 1.72. The molecule has 0 bridgehead atoms. The molecule has 1 aliphatic rings. The molecule has 2 nitrogen and oxygen atoms in total. The molecule has 0 saturated carbocycles. The standard InChI is InChI=1S/C19H15ClF3NO/c20-17-8-6-15(19(21,22)23)10-14(17)5-9-18(25)24-16-7-4-12-2-1-3-13(12)11-16/h4-11H,1-3H2,(H,24,25)/b9-5+. The molecule has 0 saturated heterocycles. The minimum Gasteiger partial charge on any atom is -0.323 e. The van der Waals surface area contributed by atoms with Gasteiger partial charge in [0, 0.05) is 16.8 Å². The van der Waals surface area contributed by atoms with Gasteiger partial charge in [-0.05, 0) is 72.4 Å². The van der Waals surface area contributed by atoms with Crippen LogP contribution in [-0.4, -0.2) is 5.91 Å². The first-order valence-electron chi connectivity index (χ1n) is 7.80. The van der Waals surface area contributed by atoms with Gasteiger partial charge < -0.3 is 5.32 Å². The van der Waals surface area contributed by atoms with E-state index in [4.69, 9.17) is 11.6 Å². The molecule has 6 heteroatoms. The number of hydrogen-bond donors (Lipinski definition) is 1. The largest absolute Gasteiger partial charge is 0.416 e. The smallest absolute Gasteiger partial charge is 0.323 e. The summed E-state index contributed by atoms with van der Waals surface area (Å²) in [6.07, 6.45) is 1.15. The molecule has 0 spiro atoms. The lowest BCUT2D eigenvalue weighted by Gasteiger charge is -2.08. The fraction of sp³-hybridized carbons (Fsp3) is 0.211. The Bertz CT molecular complexity index is 843. The number of anilines is 1. The van der Waals surface area contributed by atoms with E-state index in [1.165, 1.54) is 29.3 Å². The highest BCUT2D eigenvalue weighted by Gasteiger charge is 2.30. The van der Waals surface area contributed by atoms with E-state index in [1.54, 1.807) is 0 Å². The van der Waals surface area contributed by atoms with Gasteiger partial charge in [-0.25, -0.2) is 0 Å². The molecule has 0 fully saturated rings. The van der Waals surface area contributed by atoms with Gasteiger partial charge in [-0.2, -0.15) is 13.2 Å². The molecule has 0 aliphatic heterocycles. The van der Waals surface area contributed by atoms with Crippen molar-refractivity contribution in [1.29, 1.82) is 0 Å². The molecule has 0 aromatic heterocycles. The molecule has 0 unspecified atom stereocenters. The number of carbonyl (C=O) groups is 1. The van der Waals surface area contributed by atoms with Crippen molar-refractivity contribution in [2.45, 2.75) is 25.4 Å². The highest BCUT2D eigenvalue weighted by Crippen LogP contribution is 2.32. The molecule has 1 amide bonds. The van der Waals surface area contributed by atoms with Gasteiger partial charge in [0.15, 0.2) is 0 Å². The highest BCUT2D eigenvalue weighted by molar-refractivity contribution is 6.32. The minimum atomic E-state index is -4.46. The summed E-state index contributed by atoms with van der Waals surface area (Å²) in [6, 6.07) is 8.75. The Labute approximate surface area is 148 Å². The van der Waals surface area contributed by atoms with E-state index in [2.05, 4.69) is 5.32 Å². The summed E-state index contributed by atoms with van der Waals surface area (Å²) in [5.41, 5.74) is 2.52. The zero-order valence-electron chi connectivity index (χ0n) is 13.2. The predicted molar refractivity (Wildman–Crippen MR) is 92.6 cm³/mol. The lowest BCUT2D eigenvalue weighted by atomic mass is 10.1. The number of halogens is 4. The maximum atomic E-state index is 12.7. The predicted octanol–water partition coefficient (Wildman–Crippen LogP) is 5.50. The summed E-state index contributed by atoms with van der Waals surface area (Å²) in [5, 5.41) is 2.86. The topological polar surface area (TPSA) is 29.1 Å². The molecule has 2 aromatic carbocycles. The maximum Gasteiger partial charge on any atom is 0.416 e. The van der Waals surface area contributed by atoms with Crippen molar-refractivity contribution in [1.82, 2.24) is 0 Å². The van der Waals surface area contributed by atoms with Crippen LogP contribution in [0.2, 0.25) is 5.02 Å². The van der Waals surface area contributed by atoms with Gasteiger partial charge >= 0.3 is 6.18 Å². The van der Waals surface area contributed by atoms with E-state index in [0.29, 0.717) is 5.69 Å². The number of alkyl halides is 3. The number of amides is 1. The molecule has 3 rings (SSSR count). The summed E-state index contributed by atoms with van der Waals surface area (Å²) in [4.78, 5) is 12.0. The van der Waals surface area contributed by atoms with E-state index in [0.717, 1.165) is 31.4 Å². The monoisotopic (exact) mass is 365 g/mol. The average molecular weight is 366 g/mol. The third kappa shape index (κ3) is 4.23. The Morgan fingerprint density at radius 2 is 1.84 bits per heavy atom. The van der Waals surface area contributed by atoms with Crippen molar-refractivity contribution < 1.29 is 18.0 Å². The molecular weight excluding hydrogens is 351 g/mol. The Kier molecular flexibility index (Phi) is 4.86. The molecule has 1 N–H and O–H groups in total. The molecule has 2 aromatic rings. The van der Waals surface area contributed by atoms with Gasteiger partial charge in [-0.15, -0.1) is 0 Å². The number of fused-ring (bicyclic) bond motifs is 1. The molecule has 1 aliphatic carbocycles. The third-order valence-corrected chi connectivity index (χ3v) is 4.45. The summed E-state index contributed by atoms with van der Waals surface area (Å²) < 4.78 is 38.2. The number of benzene rings is 2. The molecule has 130 valence electrons. The lowest BCUT2D eigenvalue weighted by Crippen LogP contribution is -2.08. The zero-order valence-corrected chi connectivity index (χ0v) is 13.9. The van der Waals surface area contributed by atoms with E-state index in [9.17, 15) is 18.0 Å². The van der Waals surface area contributed by atoms with Crippen molar-refractivity contribution in [2.24, 2.45) is 0 Å². The van der Waals surface area contributed by atoms with Gasteiger partial charge in [-0.1, -0.05) is 17.7 Å². The molecule has 25 heavy (non-hydrogen) atoms. The quantitative estimate of drug-likeness (QED) is 0.715. The van der Waals surface area contributed by atoms with Gasteiger partial charge in [-0.3, -0.25) is 4.79 Å². The Morgan fingerprint density at radius 1 is 1.08 bits per heavy atom. The fourth-order valence-electron chi connectivity index (χ4n) is 2.85. The first kappa shape index (κ1) is 17.5. The van der Waals surface area contributed by atoms with Gasteiger partial charge in [0.25, 0.3) is 0 Å². The SMILES string of the molecule is O=C(/C=C/c1cc(C(F)(F)F)ccc1Cl)Nc1ccc2c(c1)CCC2. The fourth-order valence-corrected chi connectivity index (χ4v) is 3.03. The zero-order chi connectivity index (χ0) is 18.0. The van der Waals surface area contributed by atoms with Crippen molar-refractivity contribution in [3.05, 3.63) is 69.8 Å². The summed E-state index contributed by atoms with van der Waals surface area (Å²) in [5.74, 6) is -0.425. The van der Waals surface area contributed by atoms with Crippen LogP contribution in [0.15, 0.2) is 42.5 Å². The second-order valence-corrected chi connectivity index (χ2v) is 6.30. The van der Waals surface area contributed by atoms with Crippen LogP contribution in [0, 0.1) is 0 Å². The minimum absolute atomic E-state index is 0.139. The number of carbonyl (C=O) groups excluding carboxylic acids is 1. The summed E-state index contributed by atoms with van der Waals surface area (Å²) in [6.45, 7) is 0. The molecular formula is C19H15ClF3NO. The van der Waals surface area contributed by atoms with Crippen molar-refractivity contribution in [2.75, 3.05) is 5.32 Å². The van der Waals surface area contributed by atoms with Gasteiger partial charge in [0.2, 0.25) is 5.91 Å². The second-order valence-electron chi connectivity index (χ2n) is 5.89. The number of rotatable bonds is 3. The highest BCUT2D eigenvalue weighted by atomic mass is 35.5. The Hall–Kier alpha value is -2.27. The summed E-state index contributed by atoms with van der Waals surface area (Å²) >= 11 is 5.90. The van der Waals surface area contributed by atoms with E-state index in [-0.39, 0.29) is 10.6 Å². The summed E-state index contributed by atoms with van der Waals surface area (Å²) in [7, 11) is 0. The van der Waals surface area contributed by atoms with Crippen LogP contribution in [0.1, 0.15) is 28.7 Å². The lowest BCUT2D eigenvalue weighted by molar-refractivity contribution is -0.137. The average Bonchev–Trinajstić information content (AvgIpc) is 3.00. The van der Waals surface area contributed by atoms with Gasteiger partial charge in [0.1, 0.15) is 0 Å². The molecule has 0 radical (unpaired) electrons. The van der Waals surface area contributed by atoms with Crippen molar-refractivity contribution >= 4 is 29.3 Å². The van der Waals surface area contributed by atoms with Crippen molar-refractivity contribution in [3.8, 4) is 0 Å². The van der Waals surface area contributed by atoms with Crippen LogP contribution in [0.5, 0.6) is 0 Å². The van der Waals surface area contributed by atoms with Gasteiger partial charge in [0.05, 0.1) is 5.56 Å². The first-order valence-corrected chi connectivity index (χ1v) is 8.18. The maximum absolute atomic E-state index is 12.7. The normalized spacial score (nSPS) is 13.9. The molecule has 0 heterocycles. The number of aryl methyl sites for hydroxylation is 2. The number of nitrogens with one attached hydrogen (secondary N) is 1. The van der Waals surface area contributed by atoms with E-state index < -0.39 is 17.6 Å². The van der Waals surface area contributed by atoms with Crippen LogP contribution < -0.4 is 5.32 Å². The third-order valence-electron chi connectivity index (χ3n) is 4.10. The van der Waals surface area contributed by atoms with Crippen LogP contribution in [0.3, 0.4) is 0 Å². The van der Waals surface area contributed by atoms with E-state index >= 15 is 0 Å². The van der Waals surface area contributed by atoms with Crippen molar-refractivity contribution in [3.63, 3.8) is 0 Å². The molecule has 0 atom stereocenters. The Morgan fingerprint density at radius 3 is 2.60 bits per heavy atom. The van der Waals surface area contributed by atoms with Crippen LogP contribution in [0.25, 0.3) is 6.08 Å².